The van der Waals surface area contributed by atoms with Crippen LogP contribution in [0.1, 0.15) is 50.5 Å². The van der Waals surface area contributed by atoms with Crippen LogP contribution in [0.2, 0.25) is 0 Å². The molecule has 2 unspecified atom stereocenters. The van der Waals surface area contributed by atoms with Gasteiger partial charge in [0.1, 0.15) is 0 Å². The average Bonchev–Trinajstić information content (AvgIpc) is 3.05. The molecular weight excluding hydrogens is 324 g/mol. The molecule has 6 heteroatoms. The highest BCUT2D eigenvalue weighted by molar-refractivity contribution is 5.85. The highest BCUT2D eigenvalue weighted by Crippen LogP contribution is 2.23. The van der Waals surface area contributed by atoms with Crippen LogP contribution >= 0.6 is 12.4 Å². The molecule has 0 amide bonds. The number of benzene rings is 1. The second-order valence-electron chi connectivity index (χ2n) is 6.64. The van der Waals surface area contributed by atoms with Crippen LogP contribution in [0.5, 0.6) is 0 Å². The van der Waals surface area contributed by atoms with Crippen molar-refractivity contribution in [3.63, 3.8) is 0 Å². The number of likely N-dealkylation sites (tertiary alicyclic amines) is 1. The van der Waals surface area contributed by atoms with Crippen molar-refractivity contribution in [3.05, 3.63) is 35.7 Å². The van der Waals surface area contributed by atoms with Gasteiger partial charge >= 0.3 is 0 Å². The van der Waals surface area contributed by atoms with Crippen molar-refractivity contribution in [2.24, 2.45) is 5.73 Å². The Morgan fingerprint density at radius 2 is 1.96 bits per heavy atom. The Labute approximate surface area is 150 Å². The molecule has 132 valence electrons. The van der Waals surface area contributed by atoms with Gasteiger partial charge in [0.05, 0.1) is 5.92 Å². The summed E-state index contributed by atoms with van der Waals surface area (Å²) >= 11 is 0. The van der Waals surface area contributed by atoms with Gasteiger partial charge in [0.2, 0.25) is 11.7 Å². The maximum atomic E-state index is 5.91. The van der Waals surface area contributed by atoms with Gasteiger partial charge in [-0.25, -0.2) is 0 Å². The van der Waals surface area contributed by atoms with E-state index in [2.05, 4.69) is 33.2 Å². The minimum absolute atomic E-state index is 0. The van der Waals surface area contributed by atoms with E-state index in [0.717, 1.165) is 12.1 Å². The zero-order chi connectivity index (χ0) is 16.2. The lowest BCUT2D eigenvalue weighted by Gasteiger charge is -2.26. The standard InChI is InChI=1S/C18H26N4O.ClH/c1-13(14(2)19)18-20-17(21-23-18)16-8-6-7-15(11-16)12-22-9-4-3-5-10-22;/h6-8,11,13-14H,3-5,9-10,12,19H2,1-2H3;1H. The van der Waals surface area contributed by atoms with Crippen LogP contribution in [0.15, 0.2) is 28.8 Å². The quantitative estimate of drug-likeness (QED) is 0.892. The van der Waals surface area contributed by atoms with E-state index in [1.54, 1.807) is 0 Å². The number of nitrogens with zero attached hydrogens (tertiary/aromatic N) is 3. The Balaban J connectivity index is 0.00000208. The van der Waals surface area contributed by atoms with Crippen molar-refractivity contribution in [3.8, 4) is 11.4 Å². The second-order valence-corrected chi connectivity index (χ2v) is 6.64. The van der Waals surface area contributed by atoms with Gasteiger partial charge in [-0.3, -0.25) is 4.90 Å². The van der Waals surface area contributed by atoms with E-state index in [0.29, 0.717) is 11.7 Å². The summed E-state index contributed by atoms with van der Waals surface area (Å²) in [7, 11) is 0. The van der Waals surface area contributed by atoms with Gasteiger partial charge in [0.25, 0.3) is 0 Å². The van der Waals surface area contributed by atoms with E-state index in [-0.39, 0.29) is 24.4 Å². The van der Waals surface area contributed by atoms with Crippen LogP contribution in [0.3, 0.4) is 0 Å². The highest BCUT2D eigenvalue weighted by Gasteiger charge is 2.19. The fraction of sp³-hybridized carbons (Fsp3) is 0.556. The van der Waals surface area contributed by atoms with Gasteiger partial charge in [-0.1, -0.05) is 36.7 Å². The number of aromatic nitrogens is 2. The zero-order valence-electron chi connectivity index (χ0n) is 14.4. The number of rotatable bonds is 5. The van der Waals surface area contributed by atoms with Crippen LogP contribution in [0, 0.1) is 0 Å². The molecule has 1 aliphatic rings. The summed E-state index contributed by atoms with van der Waals surface area (Å²) in [6.07, 6.45) is 3.98. The minimum atomic E-state index is -0.00580. The fourth-order valence-corrected chi connectivity index (χ4v) is 2.95. The Morgan fingerprint density at radius 1 is 1.21 bits per heavy atom. The van der Waals surface area contributed by atoms with Crippen molar-refractivity contribution in [2.75, 3.05) is 13.1 Å². The molecule has 0 spiro atoms. The van der Waals surface area contributed by atoms with Crippen molar-refractivity contribution in [2.45, 2.75) is 51.6 Å². The van der Waals surface area contributed by atoms with E-state index in [4.69, 9.17) is 10.3 Å². The van der Waals surface area contributed by atoms with Gasteiger partial charge < -0.3 is 10.3 Å². The first-order valence-corrected chi connectivity index (χ1v) is 8.54. The molecule has 2 heterocycles. The van der Waals surface area contributed by atoms with E-state index < -0.39 is 0 Å². The van der Waals surface area contributed by atoms with E-state index >= 15 is 0 Å². The summed E-state index contributed by atoms with van der Waals surface area (Å²) < 4.78 is 5.38. The zero-order valence-corrected chi connectivity index (χ0v) is 15.3. The lowest BCUT2D eigenvalue weighted by Crippen LogP contribution is -2.29. The normalized spacial score (nSPS) is 18.0. The third-order valence-corrected chi connectivity index (χ3v) is 4.66. The molecule has 0 bridgehead atoms. The summed E-state index contributed by atoms with van der Waals surface area (Å²) in [6.45, 7) is 7.35. The first-order chi connectivity index (χ1) is 11.1. The summed E-state index contributed by atoms with van der Waals surface area (Å²) in [6, 6.07) is 8.43. The number of hydrogen-bond donors (Lipinski definition) is 1. The molecule has 1 fully saturated rings. The summed E-state index contributed by atoms with van der Waals surface area (Å²) in [5, 5.41) is 4.12. The number of piperidine rings is 1. The number of nitrogens with two attached hydrogens (primary N) is 1. The molecule has 1 aromatic heterocycles. The molecule has 2 aromatic rings. The molecule has 2 N–H and O–H groups in total. The van der Waals surface area contributed by atoms with Crippen molar-refractivity contribution >= 4 is 12.4 Å². The monoisotopic (exact) mass is 350 g/mol. The predicted octanol–water partition coefficient (Wildman–Crippen LogP) is 3.60. The maximum Gasteiger partial charge on any atom is 0.231 e. The topological polar surface area (TPSA) is 68.2 Å². The third kappa shape index (κ3) is 4.56. The third-order valence-electron chi connectivity index (χ3n) is 4.66. The van der Waals surface area contributed by atoms with Crippen LogP contribution < -0.4 is 5.73 Å². The summed E-state index contributed by atoms with van der Waals surface area (Å²) in [5.41, 5.74) is 8.22. The summed E-state index contributed by atoms with van der Waals surface area (Å²) in [4.78, 5) is 7.03. The molecule has 1 saturated heterocycles. The van der Waals surface area contributed by atoms with Gasteiger partial charge in [0, 0.05) is 18.2 Å². The van der Waals surface area contributed by atoms with Crippen molar-refractivity contribution < 1.29 is 4.52 Å². The van der Waals surface area contributed by atoms with E-state index in [9.17, 15) is 0 Å². The molecule has 1 aliphatic heterocycles. The van der Waals surface area contributed by atoms with Crippen LogP contribution in [-0.4, -0.2) is 34.2 Å². The van der Waals surface area contributed by atoms with Gasteiger partial charge in [-0.05, 0) is 44.5 Å². The Bertz CT molecular complexity index is 637. The molecule has 24 heavy (non-hydrogen) atoms. The summed E-state index contributed by atoms with van der Waals surface area (Å²) in [5.74, 6) is 1.32. The SMILES string of the molecule is CC(N)C(C)c1nc(-c2cccc(CN3CCCCC3)c2)no1.Cl. The largest absolute Gasteiger partial charge is 0.339 e. The average molecular weight is 351 g/mol. The number of halogens is 1. The van der Waals surface area contributed by atoms with Crippen LogP contribution in [0.4, 0.5) is 0 Å². The molecule has 0 aliphatic carbocycles. The molecule has 1 aromatic carbocycles. The first kappa shape index (κ1) is 18.9. The van der Waals surface area contributed by atoms with E-state index in [1.807, 2.05) is 19.9 Å². The van der Waals surface area contributed by atoms with Crippen LogP contribution in [0.25, 0.3) is 11.4 Å². The van der Waals surface area contributed by atoms with Crippen molar-refractivity contribution in [1.29, 1.82) is 0 Å². The lowest BCUT2D eigenvalue weighted by molar-refractivity contribution is 0.221. The highest BCUT2D eigenvalue weighted by atomic mass is 35.5. The van der Waals surface area contributed by atoms with Gasteiger partial charge in [-0.2, -0.15) is 4.98 Å². The molecule has 3 rings (SSSR count). The van der Waals surface area contributed by atoms with Crippen LogP contribution in [-0.2, 0) is 6.54 Å². The molecule has 2 atom stereocenters. The minimum Gasteiger partial charge on any atom is -0.339 e. The lowest BCUT2D eigenvalue weighted by atomic mass is 10.1. The van der Waals surface area contributed by atoms with Gasteiger partial charge in [-0.15, -0.1) is 12.4 Å². The maximum absolute atomic E-state index is 5.91. The second kappa shape index (κ2) is 8.60. The molecular formula is C18H27ClN4O. The predicted molar refractivity (Wildman–Crippen MR) is 98.2 cm³/mol. The Hall–Kier alpha value is -1.43. The Morgan fingerprint density at radius 3 is 2.67 bits per heavy atom. The van der Waals surface area contributed by atoms with E-state index in [1.165, 1.54) is 37.9 Å². The Kier molecular flexibility index (Phi) is 6.78. The smallest absolute Gasteiger partial charge is 0.231 e. The fourth-order valence-electron chi connectivity index (χ4n) is 2.95. The van der Waals surface area contributed by atoms with Crippen molar-refractivity contribution in [1.82, 2.24) is 15.0 Å². The molecule has 0 saturated carbocycles. The first-order valence-electron chi connectivity index (χ1n) is 8.54. The molecule has 5 nitrogen and oxygen atoms in total. The van der Waals surface area contributed by atoms with Gasteiger partial charge in [0.15, 0.2) is 0 Å². The molecule has 0 radical (unpaired) electrons. The number of hydrogen-bond acceptors (Lipinski definition) is 5.